The number of rotatable bonds is 3. The fraction of sp³-hybridized carbons (Fsp3) is 0.368. The zero-order valence-electron chi connectivity index (χ0n) is 16.2. The molecule has 1 aromatic carbocycles. The van der Waals surface area contributed by atoms with Crippen LogP contribution in [0, 0.1) is 5.41 Å². The smallest absolute Gasteiger partial charge is 0.292 e. The fourth-order valence-corrected chi connectivity index (χ4v) is 3.63. The normalized spacial score (nSPS) is 19.8. The largest absolute Gasteiger partial charge is 0.424 e. The summed E-state index contributed by atoms with van der Waals surface area (Å²) in [5, 5.41) is 10.0. The monoisotopic (exact) mass is 396 g/mol. The summed E-state index contributed by atoms with van der Waals surface area (Å²) in [6, 6.07) is 5.70. The van der Waals surface area contributed by atoms with E-state index >= 15 is 0 Å². The number of nitrogens with two attached hydrogens (primary N) is 2. The molecule has 1 fully saturated rings. The SMILES string of the molecule is CC(=O)N1CCC(NN2C=NC(=N)C(=C(N)c3ccc4oc(N)nc4c3)C2)CC1. The van der Waals surface area contributed by atoms with E-state index in [1.54, 1.807) is 25.4 Å². The Morgan fingerprint density at radius 1 is 1.34 bits per heavy atom. The average molecular weight is 396 g/mol. The zero-order valence-corrected chi connectivity index (χ0v) is 16.2. The Balaban J connectivity index is 1.49. The molecule has 1 aromatic heterocycles. The molecule has 0 aliphatic carbocycles. The maximum Gasteiger partial charge on any atom is 0.292 e. The Bertz CT molecular complexity index is 1020. The van der Waals surface area contributed by atoms with Gasteiger partial charge in [0, 0.05) is 42.9 Å². The third-order valence-corrected chi connectivity index (χ3v) is 5.27. The number of nitrogens with one attached hydrogen (secondary N) is 2. The molecule has 152 valence electrons. The first-order chi connectivity index (χ1) is 13.9. The van der Waals surface area contributed by atoms with Crippen LogP contribution >= 0.6 is 0 Å². The van der Waals surface area contributed by atoms with Crippen molar-refractivity contribution in [2.24, 2.45) is 10.7 Å². The number of aromatic nitrogens is 1. The number of hydrogen-bond donors (Lipinski definition) is 4. The van der Waals surface area contributed by atoms with Crippen molar-refractivity contribution in [3.8, 4) is 0 Å². The van der Waals surface area contributed by atoms with Crippen molar-refractivity contribution in [2.45, 2.75) is 25.8 Å². The summed E-state index contributed by atoms with van der Waals surface area (Å²) in [6.45, 7) is 3.49. The van der Waals surface area contributed by atoms with Gasteiger partial charge in [0.2, 0.25) is 5.91 Å². The van der Waals surface area contributed by atoms with E-state index in [0.29, 0.717) is 28.9 Å². The van der Waals surface area contributed by atoms with E-state index in [1.807, 2.05) is 16.0 Å². The molecule has 0 unspecified atom stereocenters. The van der Waals surface area contributed by atoms with E-state index in [2.05, 4.69) is 15.4 Å². The number of amides is 1. The number of anilines is 1. The van der Waals surface area contributed by atoms with Gasteiger partial charge in [-0.1, -0.05) is 0 Å². The first-order valence-corrected chi connectivity index (χ1v) is 9.47. The maximum absolute atomic E-state index is 11.5. The first-order valence-electron chi connectivity index (χ1n) is 9.47. The Morgan fingerprint density at radius 2 is 2.10 bits per heavy atom. The van der Waals surface area contributed by atoms with Crippen molar-refractivity contribution in [3.63, 3.8) is 0 Å². The van der Waals surface area contributed by atoms with Crippen LogP contribution in [0.2, 0.25) is 0 Å². The molecule has 6 N–H and O–H groups in total. The molecule has 2 aliphatic heterocycles. The molecule has 0 atom stereocenters. The number of oxazole rings is 1. The highest BCUT2D eigenvalue weighted by molar-refractivity contribution is 6.08. The predicted octanol–water partition coefficient (Wildman–Crippen LogP) is 0.916. The standard InChI is InChI=1S/C19H24N8O2/c1-11(28)26-6-4-13(5-7-26)25-27-9-14(18(21)23-10-27)17(20)12-2-3-16-15(8-12)24-19(22)29-16/h2-3,8,10,13,21,25H,4-7,9,20H2,1H3,(H2,22,24). The lowest BCUT2D eigenvalue weighted by Crippen LogP contribution is -2.52. The molecular weight excluding hydrogens is 372 g/mol. The molecule has 10 nitrogen and oxygen atoms in total. The van der Waals surface area contributed by atoms with Crippen molar-refractivity contribution >= 4 is 40.9 Å². The summed E-state index contributed by atoms with van der Waals surface area (Å²) in [6.07, 6.45) is 3.33. The number of nitrogen functional groups attached to an aromatic ring is 1. The van der Waals surface area contributed by atoms with Crippen LogP contribution < -0.4 is 16.9 Å². The maximum atomic E-state index is 11.5. The molecule has 3 heterocycles. The molecule has 10 heteroatoms. The lowest BCUT2D eigenvalue weighted by molar-refractivity contribution is -0.130. The number of piperidine rings is 1. The van der Waals surface area contributed by atoms with E-state index in [-0.39, 0.29) is 23.8 Å². The fourth-order valence-electron chi connectivity index (χ4n) is 3.63. The molecule has 1 saturated heterocycles. The van der Waals surface area contributed by atoms with Gasteiger partial charge in [-0.05, 0) is 31.0 Å². The lowest BCUT2D eigenvalue weighted by Gasteiger charge is -2.36. The van der Waals surface area contributed by atoms with Gasteiger partial charge in [-0.15, -0.1) is 0 Å². The minimum absolute atomic E-state index is 0.101. The van der Waals surface area contributed by atoms with Crippen LogP contribution in [0.3, 0.4) is 0 Å². The highest BCUT2D eigenvalue weighted by atomic mass is 16.4. The Labute approximate surface area is 167 Å². The summed E-state index contributed by atoms with van der Waals surface area (Å²) in [5.41, 5.74) is 18.4. The Morgan fingerprint density at radius 3 is 2.83 bits per heavy atom. The molecule has 2 aliphatic rings. The van der Waals surface area contributed by atoms with Crippen molar-refractivity contribution < 1.29 is 9.21 Å². The molecule has 0 saturated carbocycles. The number of fused-ring (bicyclic) bond motifs is 1. The van der Waals surface area contributed by atoms with Crippen molar-refractivity contribution in [1.29, 1.82) is 5.41 Å². The van der Waals surface area contributed by atoms with E-state index in [9.17, 15) is 4.79 Å². The molecule has 0 spiro atoms. The summed E-state index contributed by atoms with van der Waals surface area (Å²) in [7, 11) is 0. The number of carbonyl (C=O) groups is 1. The van der Waals surface area contributed by atoms with Gasteiger partial charge >= 0.3 is 0 Å². The summed E-state index contributed by atoms with van der Waals surface area (Å²) < 4.78 is 5.29. The second kappa shape index (κ2) is 7.55. The van der Waals surface area contributed by atoms with Gasteiger partial charge in [-0.3, -0.25) is 15.2 Å². The van der Waals surface area contributed by atoms with Crippen molar-refractivity contribution in [1.82, 2.24) is 20.3 Å². The summed E-state index contributed by atoms with van der Waals surface area (Å²) >= 11 is 0. The Kier molecular flexibility index (Phi) is 4.93. The second-order valence-corrected chi connectivity index (χ2v) is 7.26. The van der Waals surface area contributed by atoms with E-state index in [4.69, 9.17) is 21.3 Å². The highest BCUT2D eigenvalue weighted by Gasteiger charge is 2.24. The molecule has 4 rings (SSSR count). The quantitative estimate of drug-likeness (QED) is 0.602. The molecule has 2 aromatic rings. The van der Waals surface area contributed by atoms with Gasteiger partial charge in [0.25, 0.3) is 6.01 Å². The van der Waals surface area contributed by atoms with Crippen LogP contribution in [0.25, 0.3) is 16.8 Å². The molecule has 0 radical (unpaired) electrons. The van der Waals surface area contributed by atoms with E-state index in [0.717, 1.165) is 31.5 Å². The third kappa shape index (κ3) is 3.92. The molecule has 1 amide bonds. The Hall–Kier alpha value is -3.40. The highest BCUT2D eigenvalue weighted by Crippen LogP contribution is 2.24. The van der Waals surface area contributed by atoms with E-state index in [1.165, 1.54) is 0 Å². The number of nitrogens with zero attached hydrogens (tertiary/aromatic N) is 4. The van der Waals surface area contributed by atoms with Crippen LogP contribution in [0.5, 0.6) is 0 Å². The van der Waals surface area contributed by atoms with Gasteiger partial charge in [-0.25, -0.2) is 10.4 Å². The minimum atomic E-state index is 0.101. The van der Waals surface area contributed by atoms with Crippen LogP contribution in [-0.2, 0) is 4.79 Å². The van der Waals surface area contributed by atoms with Gasteiger partial charge in [0.15, 0.2) is 11.4 Å². The van der Waals surface area contributed by atoms with Gasteiger partial charge < -0.3 is 20.8 Å². The van der Waals surface area contributed by atoms with E-state index < -0.39 is 0 Å². The third-order valence-electron chi connectivity index (χ3n) is 5.27. The average Bonchev–Trinajstić information content (AvgIpc) is 3.08. The van der Waals surface area contributed by atoms with Crippen molar-refractivity contribution in [3.05, 3.63) is 29.3 Å². The van der Waals surface area contributed by atoms with Crippen LogP contribution in [-0.4, -0.2) is 58.7 Å². The molecular formula is C19H24N8O2. The van der Waals surface area contributed by atoms with Gasteiger partial charge in [-0.2, -0.15) is 4.98 Å². The predicted molar refractivity (Wildman–Crippen MR) is 111 cm³/mol. The number of carbonyl (C=O) groups excluding carboxylic acids is 1. The van der Waals surface area contributed by atoms with Crippen LogP contribution in [0.15, 0.2) is 33.2 Å². The summed E-state index contributed by atoms with van der Waals surface area (Å²) in [4.78, 5) is 21.6. The summed E-state index contributed by atoms with van der Waals surface area (Å²) in [5.74, 6) is 0.243. The van der Waals surface area contributed by atoms with Crippen molar-refractivity contribution in [2.75, 3.05) is 25.4 Å². The molecule has 0 bridgehead atoms. The lowest BCUT2D eigenvalue weighted by atomic mass is 10.0. The minimum Gasteiger partial charge on any atom is -0.424 e. The van der Waals surface area contributed by atoms with Gasteiger partial charge in [0.05, 0.1) is 6.54 Å². The van der Waals surface area contributed by atoms with Crippen LogP contribution in [0.1, 0.15) is 25.3 Å². The topological polar surface area (TPSA) is 150 Å². The number of aliphatic imine (C=N–C) groups is 1. The number of likely N-dealkylation sites (tertiary alicyclic amines) is 1. The van der Waals surface area contributed by atoms with Gasteiger partial charge in [0.1, 0.15) is 11.9 Å². The van der Waals surface area contributed by atoms with Crippen LogP contribution in [0.4, 0.5) is 6.01 Å². The number of benzene rings is 1. The number of amidine groups is 1. The first kappa shape index (κ1) is 18.9. The number of hydrogen-bond acceptors (Lipinski definition) is 8. The zero-order chi connectivity index (χ0) is 20.5. The number of hydrazine groups is 1. The second-order valence-electron chi connectivity index (χ2n) is 7.26. The molecule has 29 heavy (non-hydrogen) atoms.